The van der Waals surface area contributed by atoms with Gasteiger partial charge in [-0.25, -0.2) is 0 Å². The first-order chi connectivity index (χ1) is 8.19. The van der Waals surface area contributed by atoms with Gasteiger partial charge in [0.1, 0.15) is 24.7 Å². The summed E-state index contributed by atoms with van der Waals surface area (Å²) >= 11 is -2.46. The van der Waals surface area contributed by atoms with Crippen LogP contribution in [-0.2, 0) is 11.1 Å². The maximum Gasteiger partial charge on any atom is 0.134 e. The van der Waals surface area contributed by atoms with Gasteiger partial charge in [0.05, 0.1) is 18.1 Å². The minimum Gasteiger partial charge on any atom is -0.768 e. The number of hydrogen-bond donors (Lipinski definition) is 2. The molecule has 0 amide bonds. The molecule has 0 saturated carbocycles. The molecule has 0 fully saturated rings. The van der Waals surface area contributed by atoms with Crippen molar-refractivity contribution in [1.82, 2.24) is 0 Å². The molecule has 0 aliphatic rings. The van der Waals surface area contributed by atoms with Crippen LogP contribution in [0.1, 0.15) is 0 Å². The molecule has 6 nitrogen and oxygen atoms in total. The Kier molecular flexibility index (Phi) is 5.92. The van der Waals surface area contributed by atoms with E-state index in [0.717, 1.165) is 0 Å². The van der Waals surface area contributed by atoms with Crippen molar-refractivity contribution in [3.8, 4) is 11.5 Å². The molecule has 0 aliphatic carbocycles. The summed E-state index contributed by atoms with van der Waals surface area (Å²) in [7, 11) is 0. The highest BCUT2D eigenvalue weighted by molar-refractivity contribution is 7.79. The van der Waals surface area contributed by atoms with Gasteiger partial charge >= 0.3 is 0 Å². The van der Waals surface area contributed by atoms with E-state index in [9.17, 15) is 8.76 Å². The molecule has 1 aromatic carbocycles. The van der Waals surface area contributed by atoms with Gasteiger partial charge in [0.25, 0.3) is 0 Å². The first kappa shape index (κ1) is 13.9. The average Bonchev–Trinajstić information content (AvgIpc) is 2.34. The van der Waals surface area contributed by atoms with Gasteiger partial charge in [-0.05, 0) is 29.3 Å². The number of hydrogen-bond acceptors (Lipinski definition) is 6. The van der Waals surface area contributed by atoms with Crippen molar-refractivity contribution in [2.24, 2.45) is 0 Å². The predicted octanol–water partition coefficient (Wildman–Crippen LogP) is -0.333. The molecule has 1 atom stereocenters. The Morgan fingerprint density at radius 1 is 1.18 bits per heavy atom. The van der Waals surface area contributed by atoms with Crippen molar-refractivity contribution >= 4 is 11.1 Å². The number of ether oxygens (including phenoxy) is 2. The van der Waals surface area contributed by atoms with Gasteiger partial charge in [-0.3, -0.25) is 4.21 Å². The van der Waals surface area contributed by atoms with E-state index in [1.165, 1.54) is 18.2 Å². The summed E-state index contributed by atoms with van der Waals surface area (Å²) < 4.78 is 32.1. The summed E-state index contributed by atoms with van der Waals surface area (Å²) in [6, 6.07) is 4.26. The van der Waals surface area contributed by atoms with Crippen molar-refractivity contribution < 1.29 is 28.4 Å². The van der Waals surface area contributed by atoms with Gasteiger partial charge in [-0.15, -0.1) is 0 Å². The largest absolute Gasteiger partial charge is 0.768 e. The summed E-state index contributed by atoms with van der Waals surface area (Å²) in [5.74, 6) is 0.485. The monoisotopic (exact) mass is 261 g/mol. The molecule has 17 heavy (non-hydrogen) atoms. The van der Waals surface area contributed by atoms with E-state index in [0.29, 0.717) is 5.75 Å². The van der Waals surface area contributed by atoms with Crippen LogP contribution < -0.4 is 9.47 Å². The highest BCUT2D eigenvalue weighted by atomic mass is 32.2. The van der Waals surface area contributed by atoms with Gasteiger partial charge in [0.2, 0.25) is 0 Å². The average molecular weight is 261 g/mol. The SMILES string of the molecule is O=S([O-])c1cc(OCCO)ccc1OCCO. The van der Waals surface area contributed by atoms with Crippen molar-refractivity contribution in [2.45, 2.75) is 4.90 Å². The van der Waals surface area contributed by atoms with E-state index < -0.39 is 11.1 Å². The molecule has 7 heteroatoms. The Morgan fingerprint density at radius 2 is 1.82 bits per heavy atom. The molecule has 96 valence electrons. The third kappa shape index (κ3) is 4.31. The molecule has 0 saturated heterocycles. The molecule has 0 bridgehead atoms. The fraction of sp³-hybridized carbons (Fsp3) is 0.400. The lowest BCUT2D eigenvalue weighted by molar-refractivity contribution is 0.195. The molecule has 2 N–H and O–H groups in total. The molecule has 0 aromatic heterocycles. The summed E-state index contributed by atoms with van der Waals surface area (Å²) in [5.41, 5.74) is 0. The summed E-state index contributed by atoms with van der Waals surface area (Å²) in [5, 5.41) is 17.2. The molecule has 0 radical (unpaired) electrons. The number of rotatable bonds is 7. The van der Waals surface area contributed by atoms with Gasteiger partial charge in [0, 0.05) is 0 Å². The Morgan fingerprint density at radius 3 is 2.41 bits per heavy atom. The normalized spacial score (nSPS) is 12.2. The van der Waals surface area contributed by atoms with Crippen molar-refractivity contribution in [3.05, 3.63) is 18.2 Å². The van der Waals surface area contributed by atoms with Gasteiger partial charge in [-0.1, -0.05) is 0 Å². The second-order valence-corrected chi connectivity index (χ2v) is 3.90. The lowest BCUT2D eigenvalue weighted by Gasteiger charge is -2.14. The van der Waals surface area contributed by atoms with Crippen LogP contribution >= 0.6 is 0 Å². The fourth-order valence-corrected chi connectivity index (χ4v) is 1.65. The van der Waals surface area contributed by atoms with E-state index in [4.69, 9.17) is 19.7 Å². The quantitative estimate of drug-likeness (QED) is 0.652. The van der Waals surface area contributed by atoms with E-state index in [2.05, 4.69) is 0 Å². The van der Waals surface area contributed by atoms with Crippen LogP contribution in [0, 0.1) is 0 Å². The van der Waals surface area contributed by atoms with Crippen LogP contribution in [0.4, 0.5) is 0 Å². The lowest BCUT2D eigenvalue weighted by atomic mass is 10.3. The van der Waals surface area contributed by atoms with Gasteiger partial charge in [-0.2, -0.15) is 0 Å². The minimum atomic E-state index is -2.46. The Labute approximate surface area is 101 Å². The lowest BCUT2D eigenvalue weighted by Crippen LogP contribution is -2.06. The maximum absolute atomic E-state index is 11.0. The molecule has 0 aliphatic heterocycles. The van der Waals surface area contributed by atoms with Crippen LogP contribution in [0.2, 0.25) is 0 Å². The van der Waals surface area contributed by atoms with Crippen LogP contribution in [0.3, 0.4) is 0 Å². The van der Waals surface area contributed by atoms with E-state index in [1.54, 1.807) is 0 Å². The number of benzene rings is 1. The van der Waals surface area contributed by atoms with Crippen LogP contribution in [0.25, 0.3) is 0 Å². The Hall–Kier alpha value is -1.15. The first-order valence-corrected chi connectivity index (χ1v) is 5.97. The molecular weight excluding hydrogens is 248 g/mol. The molecule has 0 heterocycles. The highest BCUT2D eigenvalue weighted by Crippen LogP contribution is 2.26. The van der Waals surface area contributed by atoms with Crippen LogP contribution in [0.15, 0.2) is 23.1 Å². The smallest absolute Gasteiger partial charge is 0.134 e. The standard InChI is InChI=1S/C10H14O6S/c11-3-5-15-8-1-2-9(16-6-4-12)10(7-8)17(13)14/h1-2,7,11-12H,3-6H2,(H,13,14)/p-1. The van der Waals surface area contributed by atoms with E-state index in [-0.39, 0.29) is 37.1 Å². The van der Waals surface area contributed by atoms with Crippen LogP contribution in [0.5, 0.6) is 11.5 Å². The third-order valence-electron chi connectivity index (χ3n) is 1.80. The van der Waals surface area contributed by atoms with Crippen molar-refractivity contribution in [3.63, 3.8) is 0 Å². The zero-order valence-electron chi connectivity index (χ0n) is 9.00. The van der Waals surface area contributed by atoms with E-state index >= 15 is 0 Å². The first-order valence-electron chi connectivity index (χ1n) is 4.89. The van der Waals surface area contributed by atoms with E-state index in [1.807, 2.05) is 0 Å². The van der Waals surface area contributed by atoms with Gasteiger partial charge in [0.15, 0.2) is 0 Å². The fourth-order valence-electron chi connectivity index (χ4n) is 1.15. The zero-order valence-corrected chi connectivity index (χ0v) is 9.81. The molecule has 0 spiro atoms. The summed E-state index contributed by atoms with van der Waals surface area (Å²) in [4.78, 5) is -0.0473. The number of aliphatic hydroxyl groups is 2. The zero-order chi connectivity index (χ0) is 12.7. The third-order valence-corrected chi connectivity index (χ3v) is 2.48. The minimum absolute atomic E-state index is 0.0149. The highest BCUT2D eigenvalue weighted by Gasteiger charge is 2.06. The predicted molar refractivity (Wildman–Crippen MR) is 58.8 cm³/mol. The Balaban J connectivity index is 2.87. The Bertz CT molecular complexity index is 381. The van der Waals surface area contributed by atoms with Crippen LogP contribution in [-0.4, -0.2) is 45.4 Å². The van der Waals surface area contributed by atoms with Crippen molar-refractivity contribution in [2.75, 3.05) is 26.4 Å². The van der Waals surface area contributed by atoms with Crippen molar-refractivity contribution in [1.29, 1.82) is 0 Å². The van der Waals surface area contributed by atoms with Gasteiger partial charge < -0.3 is 24.2 Å². The molecule has 1 aromatic rings. The molecule has 1 unspecified atom stereocenters. The summed E-state index contributed by atoms with van der Waals surface area (Å²) in [6.45, 7) is -0.255. The molecular formula is C10H13O6S-. The molecule has 1 rings (SSSR count). The topological polar surface area (TPSA) is 99.1 Å². The maximum atomic E-state index is 11.0. The second-order valence-electron chi connectivity index (χ2n) is 2.99. The second kappa shape index (κ2) is 7.23. The summed E-state index contributed by atoms with van der Waals surface area (Å²) in [6.07, 6.45) is 0. The number of aliphatic hydroxyl groups excluding tert-OH is 2.